The molecule has 1 aromatic rings. The van der Waals surface area contributed by atoms with Crippen LogP contribution in [-0.2, 0) is 16.9 Å². The molecule has 188 valence electrons. The fraction of sp³-hybridized carbons (Fsp3) is 0.682. The Labute approximate surface area is 189 Å². The lowest BCUT2D eigenvalue weighted by Crippen LogP contribution is -2.53. The second kappa shape index (κ2) is 9.69. The van der Waals surface area contributed by atoms with Crippen molar-refractivity contribution in [2.75, 3.05) is 19.6 Å². The van der Waals surface area contributed by atoms with Gasteiger partial charge in [0.05, 0.1) is 0 Å². The molecule has 0 aromatic heterocycles. The Morgan fingerprint density at radius 3 is 1.91 bits per heavy atom. The summed E-state index contributed by atoms with van der Waals surface area (Å²) in [6.07, 6.45) is -10.9. The lowest BCUT2D eigenvalue weighted by atomic mass is 9.91. The van der Waals surface area contributed by atoms with E-state index < -0.39 is 29.1 Å². The van der Waals surface area contributed by atoms with E-state index in [1.165, 1.54) is 0 Å². The molecule has 0 saturated carbocycles. The molecular formula is C22H30F6N2O3. The third-order valence-corrected chi connectivity index (χ3v) is 5.56. The van der Waals surface area contributed by atoms with Gasteiger partial charge in [-0.25, -0.2) is 4.79 Å². The number of hydrogen-bond donors (Lipinski definition) is 1. The summed E-state index contributed by atoms with van der Waals surface area (Å²) in [6, 6.07) is 3.61. The van der Waals surface area contributed by atoms with Gasteiger partial charge in [-0.2, -0.15) is 26.3 Å². The Bertz CT molecular complexity index is 780. The van der Waals surface area contributed by atoms with E-state index in [1.54, 1.807) is 25.7 Å². The topological polar surface area (TPSA) is 53.0 Å². The van der Waals surface area contributed by atoms with E-state index in [4.69, 9.17) is 4.74 Å². The van der Waals surface area contributed by atoms with Gasteiger partial charge in [0, 0.05) is 37.8 Å². The van der Waals surface area contributed by atoms with Crippen molar-refractivity contribution in [1.82, 2.24) is 9.80 Å². The molecular weight excluding hydrogens is 454 g/mol. The second-order valence-electron chi connectivity index (χ2n) is 9.18. The molecule has 1 amide bonds. The fourth-order valence-corrected chi connectivity index (χ4v) is 3.84. The first-order chi connectivity index (χ1) is 15.0. The third-order valence-electron chi connectivity index (χ3n) is 5.56. The smallest absolute Gasteiger partial charge is 0.430 e. The lowest BCUT2D eigenvalue weighted by Gasteiger charge is -2.38. The molecule has 0 bridgehead atoms. The van der Waals surface area contributed by atoms with Crippen LogP contribution in [0.3, 0.4) is 0 Å². The Kier molecular flexibility index (Phi) is 8.00. The van der Waals surface area contributed by atoms with E-state index in [1.807, 2.05) is 11.8 Å². The molecule has 1 aliphatic heterocycles. The zero-order valence-corrected chi connectivity index (χ0v) is 19.1. The van der Waals surface area contributed by atoms with Crippen molar-refractivity contribution < 1.29 is 41.0 Å². The number of rotatable bonds is 5. The van der Waals surface area contributed by atoms with Gasteiger partial charge >= 0.3 is 18.4 Å². The summed E-state index contributed by atoms with van der Waals surface area (Å²) < 4.78 is 83.6. The maximum absolute atomic E-state index is 13.0. The highest BCUT2D eigenvalue weighted by Crippen LogP contribution is 2.49. The van der Waals surface area contributed by atoms with Crippen molar-refractivity contribution in [3.05, 3.63) is 35.4 Å². The van der Waals surface area contributed by atoms with Crippen LogP contribution in [0.25, 0.3) is 0 Å². The average molecular weight is 484 g/mol. The average Bonchev–Trinajstić information content (AvgIpc) is 2.66. The fourth-order valence-electron chi connectivity index (χ4n) is 3.84. The number of likely N-dealkylation sites (tertiary alicyclic amines) is 1. The predicted molar refractivity (Wildman–Crippen MR) is 109 cm³/mol. The summed E-state index contributed by atoms with van der Waals surface area (Å²) in [5, 5.41) is 9.49. The Balaban J connectivity index is 2.02. The highest BCUT2D eigenvalue weighted by Gasteiger charge is 2.71. The van der Waals surface area contributed by atoms with Gasteiger partial charge in [0.25, 0.3) is 5.60 Å². The zero-order chi connectivity index (χ0) is 25.2. The number of nitrogens with zero attached hydrogens (tertiary/aromatic N) is 2. The van der Waals surface area contributed by atoms with Gasteiger partial charge in [-0.1, -0.05) is 24.3 Å². The van der Waals surface area contributed by atoms with Crippen molar-refractivity contribution >= 4 is 6.09 Å². The van der Waals surface area contributed by atoms with Crippen molar-refractivity contribution in [1.29, 1.82) is 0 Å². The number of aliphatic hydroxyl groups is 1. The summed E-state index contributed by atoms with van der Waals surface area (Å²) >= 11 is 0. The Morgan fingerprint density at radius 1 is 1.03 bits per heavy atom. The Morgan fingerprint density at radius 2 is 1.52 bits per heavy atom. The maximum atomic E-state index is 13.0. The Hall–Kier alpha value is -2.01. The number of amides is 1. The zero-order valence-electron chi connectivity index (χ0n) is 19.1. The first-order valence-corrected chi connectivity index (χ1v) is 10.7. The number of carbonyl (C=O) groups excluding carboxylic acids is 1. The van der Waals surface area contributed by atoms with Crippen molar-refractivity contribution in [2.24, 2.45) is 0 Å². The number of alkyl halides is 6. The van der Waals surface area contributed by atoms with Crippen LogP contribution in [-0.4, -0.2) is 64.6 Å². The standard InChI is InChI=1S/C22H30F6N2O3/c1-5-30(18(31)33-19(2,3)4)17-10-12-29(13-11-17)14-15-6-8-16(9-7-15)20(32,21(23,24)25)22(26,27)28/h6-9,17,32H,5,10-14H2,1-4H3. The van der Waals surface area contributed by atoms with Crippen LogP contribution >= 0.6 is 0 Å². The van der Waals surface area contributed by atoms with Gasteiger partial charge in [-0.15, -0.1) is 0 Å². The lowest BCUT2D eigenvalue weighted by molar-refractivity contribution is -0.376. The molecule has 0 atom stereocenters. The van der Waals surface area contributed by atoms with Crippen LogP contribution < -0.4 is 0 Å². The van der Waals surface area contributed by atoms with Crippen LogP contribution in [0.15, 0.2) is 24.3 Å². The van der Waals surface area contributed by atoms with E-state index in [2.05, 4.69) is 0 Å². The molecule has 1 fully saturated rings. The molecule has 1 saturated heterocycles. The van der Waals surface area contributed by atoms with Crippen LogP contribution in [0.1, 0.15) is 51.7 Å². The van der Waals surface area contributed by atoms with Gasteiger partial charge < -0.3 is 14.7 Å². The quantitative estimate of drug-likeness (QED) is 0.583. The van der Waals surface area contributed by atoms with Gasteiger partial charge in [-0.3, -0.25) is 4.90 Å². The number of benzene rings is 1. The summed E-state index contributed by atoms with van der Waals surface area (Å²) in [4.78, 5) is 16.1. The number of halogens is 6. The first-order valence-electron chi connectivity index (χ1n) is 10.7. The summed E-state index contributed by atoms with van der Waals surface area (Å²) in [6.45, 7) is 9.23. The maximum Gasteiger partial charge on any atom is 0.430 e. The molecule has 0 radical (unpaired) electrons. The van der Waals surface area contributed by atoms with Gasteiger partial charge in [0.15, 0.2) is 0 Å². The minimum absolute atomic E-state index is 0.0166. The van der Waals surface area contributed by atoms with Gasteiger partial charge in [0.2, 0.25) is 0 Å². The van der Waals surface area contributed by atoms with E-state index in [-0.39, 0.29) is 12.1 Å². The molecule has 2 rings (SSSR count). The molecule has 1 N–H and O–H groups in total. The predicted octanol–water partition coefficient (Wildman–Crippen LogP) is 5.22. The molecule has 5 nitrogen and oxygen atoms in total. The summed E-state index contributed by atoms with van der Waals surface area (Å²) in [5.74, 6) is 0. The molecule has 1 aromatic carbocycles. The third kappa shape index (κ3) is 6.32. The highest BCUT2D eigenvalue weighted by atomic mass is 19.4. The SMILES string of the molecule is CCN(C(=O)OC(C)(C)C)C1CCN(Cc2ccc(C(O)(C(F)(F)F)C(F)(F)F)cc2)CC1. The van der Waals surface area contributed by atoms with Crippen LogP contribution in [0.5, 0.6) is 0 Å². The van der Waals surface area contributed by atoms with E-state index in [0.29, 0.717) is 56.7 Å². The van der Waals surface area contributed by atoms with Gasteiger partial charge in [-0.05, 0) is 46.1 Å². The number of carbonyl (C=O) groups is 1. The van der Waals surface area contributed by atoms with Crippen LogP contribution in [0.2, 0.25) is 0 Å². The van der Waals surface area contributed by atoms with E-state index in [9.17, 15) is 36.2 Å². The first kappa shape index (κ1) is 27.2. The summed E-state index contributed by atoms with van der Waals surface area (Å²) in [7, 11) is 0. The molecule has 0 aliphatic carbocycles. The monoisotopic (exact) mass is 484 g/mol. The minimum atomic E-state index is -5.91. The number of hydrogen-bond acceptors (Lipinski definition) is 4. The highest BCUT2D eigenvalue weighted by molar-refractivity contribution is 5.68. The van der Waals surface area contributed by atoms with Crippen LogP contribution in [0, 0.1) is 0 Å². The van der Waals surface area contributed by atoms with E-state index in [0.717, 1.165) is 12.1 Å². The normalized spacial score (nSPS) is 17.2. The van der Waals surface area contributed by atoms with Gasteiger partial charge in [0.1, 0.15) is 5.60 Å². The molecule has 1 aliphatic rings. The van der Waals surface area contributed by atoms with Crippen molar-refractivity contribution in [3.63, 3.8) is 0 Å². The number of ether oxygens (including phenoxy) is 1. The second-order valence-corrected chi connectivity index (χ2v) is 9.18. The minimum Gasteiger partial charge on any atom is -0.444 e. The van der Waals surface area contributed by atoms with Crippen LogP contribution in [0.4, 0.5) is 31.1 Å². The molecule has 1 heterocycles. The van der Waals surface area contributed by atoms with Crippen molar-refractivity contribution in [2.45, 2.75) is 76.7 Å². The van der Waals surface area contributed by atoms with E-state index >= 15 is 0 Å². The molecule has 11 heteroatoms. The summed E-state index contributed by atoms with van der Waals surface area (Å²) in [5.41, 5.74) is -6.30. The molecule has 0 unspecified atom stereocenters. The molecule has 0 spiro atoms. The molecule has 33 heavy (non-hydrogen) atoms. The largest absolute Gasteiger partial charge is 0.444 e. The van der Waals surface area contributed by atoms with Crippen molar-refractivity contribution in [3.8, 4) is 0 Å². The number of piperidine rings is 1.